The van der Waals surface area contributed by atoms with Crippen molar-refractivity contribution >= 4 is 0 Å². The molecule has 5 nitrogen and oxygen atoms in total. The molecule has 0 spiro atoms. The lowest BCUT2D eigenvalue weighted by Crippen LogP contribution is -2.38. The second kappa shape index (κ2) is 12.0. The van der Waals surface area contributed by atoms with Gasteiger partial charge in [0.05, 0.1) is 6.33 Å². The molecule has 0 saturated carbocycles. The Labute approximate surface area is 170 Å². The van der Waals surface area contributed by atoms with Crippen LogP contribution in [0.3, 0.4) is 0 Å². The predicted molar refractivity (Wildman–Crippen MR) is 116 cm³/mol. The van der Waals surface area contributed by atoms with Crippen molar-refractivity contribution in [2.45, 2.75) is 64.7 Å². The highest BCUT2D eigenvalue weighted by Gasteiger charge is 2.16. The van der Waals surface area contributed by atoms with Crippen LogP contribution in [0, 0.1) is 0 Å². The van der Waals surface area contributed by atoms with Crippen LogP contribution in [0.4, 0.5) is 0 Å². The molecule has 2 N–H and O–H groups in total. The number of rotatable bonds is 12. The maximum absolute atomic E-state index is 4.07. The molecule has 0 radical (unpaired) electrons. The molecule has 1 aromatic carbocycles. The Morgan fingerprint density at radius 1 is 0.964 bits per heavy atom. The quantitative estimate of drug-likeness (QED) is 0.551. The first-order valence-corrected chi connectivity index (χ1v) is 11.0. The number of benzene rings is 1. The minimum absolute atomic E-state index is 0.779. The van der Waals surface area contributed by atoms with Crippen molar-refractivity contribution in [3.63, 3.8) is 0 Å². The van der Waals surface area contributed by atoms with Crippen molar-refractivity contribution in [3.05, 3.63) is 54.1 Å². The Balaban J connectivity index is 1.23. The summed E-state index contributed by atoms with van der Waals surface area (Å²) in [4.78, 5) is 6.72. The van der Waals surface area contributed by atoms with Crippen molar-refractivity contribution in [1.82, 2.24) is 25.1 Å². The third-order valence-corrected chi connectivity index (χ3v) is 5.75. The van der Waals surface area contributed by atoms with E-state index in [1.54, 1.807) is 0 Å². The number of hydrogen-bond acceptors (Lipinski definition) is 4. The van der Waals surface area contributed by atoms with E-state index in [0.717, 1.165) is 45.2 Å². The van der Waals surface area contributed by atoms with Gasteiger partial charge in [0.25, 0.3) is 0 Å². The topological polar surface area (TPSA) is 45.1 Å². The van der Waals surface area contributed by atoms with Gasteiger partial charge in [-0.15, -0.1) is 0 Å². The van der Waals surface area contributed by atoms with Crippen molar-refractivity contribution in [1.29, 1.82) is 0 Å². The Bertz CT molecular complexity index is 638. The van der Waals surface area contributed by atoms with E-state index in [1.165, 1.54) is 49.9 Å². The molecule has 2 heterocycles. The van der Waals surface area contributed by atoms with Gasteiger partial charge < -0.3 is 20.1 Å². The molecule has 1 atom stereocenters. The standard InChI is InChI=1S/C23H37N5/c1-21-6-2-3-15-28(21)16-5-12-25-19-23-9-7-22(8-10-23)18-24-11-4-14-27-17-13-26-20-27/h7-10,13,17,20-21,24-25H,2-6,11-12,14-16,18-19H2,1H3. The Morgan fingerprint density at radius 2 is 1.64 bits per heavy atom. The lowest BCUT2D eigenvalue weighted by atomic mass is 10.0. The third-order valence-electron chi connectivity index (χ3n) is 5.75. The fourth-order valence-corrected chi connectivity index (χ4v) is 3.94. The summed E-state index contributed by atoms with van der Waals surface area (Å²) in [5.74, 6) is 0. The van der Waals surface area contributed by atoms with E-state index in [0.29, 0.717) is 0 Å². The maximum Gasteiger partial charge on any atom is 0.0945 e. The number of aryl methyl sites for hydroxylation is 1. The summed E-state index contributed by atoms with van der Waals surface area (Å²) in [5, 5.41) is 7.12. The second-order valence-corrected chi connectivity index (χ2v) is 8.06. The number of hydrogen-bond donors (Lipinski definition) is 2. The largest absolute Gasteiger partial charge is 0.337 e. The lowest BCUT2D eigenvalue weighted by molar-refractivity contribution is 0.159. The smallest absolute Gasteiger partial charge is 0.0945 e. The fourth-order valence-electron chi connectivity index (χ4n) is 3.94. The number of aromatic nitrogens is 2. The minimum Gasteiger partial charge on any atom is -0.337 e. The van der Waals surface area contributed by atoms with Crippen molar-refractivity contribution in [2.75, 3.05) is 26.2 Å². The zero-order valence-corrected chi connectivity index (χ0v) is 17.4. The molecule has 3 rings (SSSR count). The molecule has 1 aliphatic rings. The van der Waals surface area contributed by atoms with Gasteiger partial charge in [-0.3, -0.25) is 0 Å². The summed E-state index contributed by atoms with van der Waals surface area (Å²) in [7, 11) is 0. The molecule has 154 valence electrons. The summed E-state index contributed by atoms with van der Waals surface area (Å²) in [6, 6.07) is 9.77. The molecule has 0 amide bonds. The average Bonchev–Trinajstić information content (AvgIpc) is 3.23. The highest BCUT2D eigenvalue weighted by Crippen LogP contribution is 2.16. The minimum atomic E-state index is 0.779. The van der Waals surface area contributed by atoms with Gasteiger partial charge in [0.1, 0.15) is 0 Å². The van der Waals surface area contributed by atoms with Gasteiger partial charge in [-0.1, -0.05) is 30.7 Å². The Kier molecular flexibility index (Phi) is 9.01. The van der Waals surface area contributed by atoms with Gasteiger partial charge in [-0.05, 0) is 69.9 Å². The van der Waals surface area contributed by atoms with E-state index < -0.39 is 0 Å². The van der Waals surface area contributed by atoms with E-state index >= 15 is 0 Å². The molecule has 1 aromatic heterocycles. The zero-order valence-electron chi connectivity index (χ0n) is 17.4. The second-order valence-electron chi connectivity index (χ2n) is 8.06. The van der Waals surface area contributed by atoms with Crippen LogP contribution in [0.5, 0.6) is 0 Å². The monoisotopic (exact) mass is 383 g/mol. The first-order valence-electron chi connectivity index (χ1n) is 11.0. The van der Waals surface area contributed by atoms with E-state index in [1.807, 2.05) is 18.7 Å². The summed E-state index contributed by atoms with van der Waals surface area (Å²) in [6.45, 7) is 9.96. The van der Waals surface area contributed by atoms with E-state index in [-0.39, 0.29) is 0 Å². The maximum atomic E-state index is 4.07. The van der Waals surface area contributed by atoms with Gasteiger partial charge in [0, 0.05) is 38.1 Å². The summed E-state index contributed by atoms with van der Waals surface area (Å²) >= 11 is 0. The SMILES string of the molecule is CC1CCCCN1CCCNCc1ccc(CNCCCn2ccnc2)cc1. The molecule has 1 saturated heterocycles. The fraction of sp³-hybridized carbons (Fsp3) is 0.609. The number of piperidine rings is 1. The van der Waals surface area contributed by atoms with Crippen LogP contribution >= 0.6 is 0 Å². The third kappa shape index (κ3) is 7.38. The van der Waals surface area contributed by atoms with Crippen LogP contribution < -0.4 is 10.6 Å². The van der Waals surface area contributed by atoms with Gasteiger partial charge >= 0.3 is 0 Å². The van der Waals surface area contributed by atoms with Gasteiger partial charge in [-0.25, -0.2) is 4.98 Å². The van der Waals surface area contributed by atoms with Crippen molar-refractivity contribution < 1.29 is 0 Å². The number of nitrogens with one attached hydrogen (secondary N) is 2. The summed E-state index contributed by atoms with van der Waals surface area (Å²) in [6.07, 6.45) is 12.2. The summed E-state index contributed by atoms with van der Waals surface area (Å²) in [5.41, 5.74) is 2.72. The lowest BCUT2D eigenvalue weighted by Gasteiger charge is -2.33. The molecule has 2 aromatic rings. The number of imidazole rings is 1. The Morgan fingerprint density at radius 3 is 2.25 bits per heavy atom. The van der Waals surface area contributed by atoms with Crippen LogP contribution in [-0.4, -0.2) is 46.7 Å². The van der Waals surface area contributed by atoms with Crippen molar-refractivity contribution in [3.8, 4) is 0 Å². The molecular formula is C23H37N5. The molecule has 0 bridgehead atoms. The number of likely N-dealkylation sites (tertiary alicyclic amines) is 1. The molecule has 1 unspecified atom stereocenters. The number of nitrogens with zero attached hydrogens (tertiary/aromatic N) is 3. The normalized spacial score (nSPS) is 17.8. The highest BCUT2D eigenvalue weighted by molar-refractivity contribution is 5.22. The van der Waals surface area contributed by atoms with E-state index in [4.69, 9.17) is 0 Å². The van der Waals surface area contributed by atoms with Gasteiger partial charge in [0.15, 0.2) is 0 Å². The van der Waals surface area contributed by atoms with Gasteiger partial charge in [0.2, 0.25) is 0 Å². The molecular weight excluding hydrogens is 346 g/mol. The van der Waals surface area contributed by atoms with Crippen molar-refractivity contribution in [2.24, 2.45) is 0 Å². The van der Waals surface area contributed by atoms with E-state index in [2.05, 4.69) is 56.3 Å². The molecule has 1 fully saturated rings. The predicted octanol–water partition coefficient (Wildman–Crippen LogP) is 3.42. The van der Waals surface area contributed by atoms with Gasteiger partial charge in [-0.2, -0.15) is 0 Å². The van der Waals surface area contributed by atoms with Crippen LogP contribution in [0.1, 0.15) is 50.2 Å². The first-order chi connectivity index (χ1) is 13.8. The highest BCUT2D eigenvalue weighted by atomic mass is 15.2. The van der Waals surface area contributed by atoms with Crippen LogP contribution in [0.25, 0.3) is 0 Å². The molecule has 0 aliphatic carbocycles. The molecule has 1 aliphatic heterocycles. The van der Waals surface area contributed by atoms with Crippen LogP contribution in [0.2, 0.25) is 0 Å². The molecule has 5 heteroatoms. The Hall–Kier alpha value is -1.69. The molecule has 28 heavy (non-hydrogen) atoms. The van der Waals surface area contributed by atoms with Crippen LogP contribution in [0.15, 0.2) is 43.0 Å². The first kappa shape index (κ1) is 21.0. The van der Waals surface area contributed by atoms with Crippen LogP contribution in [-0.2, 0) is 19.6 Å². The summed E-state index contributed by atoms with van der Waals surface area (Å²) < 4.78 is 2.12. The van der Waals surface area contributed by atoms with E-state index in [9.17, 15) is 0 Å². The zero-order chi connectivity index (χ0) is 19.4. The average molecular weight is 384 g/mol.